The van der Waals surface area contributed by atoms with Crippen LogP contribution in [0, 0.1) is 5.92 Å². The van der Waals surface area contributed by atoms with Crippen LogP contribution in [0.3, 0.4) is 0 Å². The van der Waals surface area contributed by atoms with E-state index in [-0.39, 0.29) is 36.2 Å². The molecule has 2 fully saturated rings. The van der Waals surface area contributed by atoms with Crippen LogP contribution >= 0.6 is 0 Å². The molecule has 2 aliphatic rings. The molecule has 4 aromatic rings. The molecule has 2 N–H and O–H groups in total. The van der Waals surface area contributed by atoms with Crippen LogP contribution in [0.25, 0.3) is 11.1 Å². The van der Waals surface area contributed by atoms with Gasteiger partial charge >= 0.3 is 0 Å². The number of aliphatic hydroxyl groups excluding tert-OH is 1. The summed E-state index contributed by atoms with van der Waals surface area (Å²) < 4.78 is 41.7. The molecular weight excluding hydrogens is 584 g/mol. The van der Waals surface area contributed by atoms with Crippen LogP contribution < -0.4 is 4.72 Å². The van der Waals surface area contributed by atoms with E-state index in [9.17, 15) is 13.5 Å². The van der Waals surface area contributed by atoms with Crippen molar-refractivity contribution in [1.29, 1.82) is 0 Å². The van der Waals surface area contributed by atoms with Gasteiger partial charge in [-0.25, -0.2) is 13.1 Å². The molecule has 236 valence electrons. The maximum absolute atomic E-state index is 12.8. The van der Waals surface area contributed by atoms with Crippen LogP contribution in [0.1, 0.15) is 60.8 Å². The zero-order valence-electron chi connectivity index (χ0n) is 25.7. The minimum Gasteiger partial charge on any atom is -0.392 e. The molecule has 2 heterocycles. The highest BCUT2D eigenvalue weighted by atomic mass is 32.2. The Balaban J connectivity index is 1.23. The van der Waals surface area contributed by atoms with E-state index >= 15 is 0 Å². The molecule has 0 saturated carbocycles. The molecule has 4 atom stereocenters. The first-order valence-corrected chi connectivity index (χ1v) is 17.3. The van der Waals surface area contributed by atoms with Gasteiger partial charge in [-0.15, -0.1) is 0 Å². The Morgan fingerprint density at radius 2 is 1.49 bits per heavy atom. The van der Waals surface area contributed by atoms with E-state index in [1.165, 1.54) is 19.3 Å². The number of ether oxygens (including phenoxy) is 2. The Labute approximate surface area is 266 Å². The summed E-state index contributed by atoms with van der Waals surface area (Å²) in [5.74, 6) is 0.141. The maximum atomic E-state index is 12.8. The van der Waals surface area contributed by atoms with Gasteiger partial charge < -0.3 is 19.5 Å². The van der Waals surface area contributed by atoms with E-state index in [2.05, 4.69) is 40.8 Å². The lowest BCUT2D eigenvalue weighted by molar-refractivity contribution is -0.276. The van der Waals surface area contributed by atoms with Crippen molar-refractivity contribution in [3.8, 4) is 11.1 Å². The van der Waals surface area contributed by atoms with Gasteiger partial charge in [0.15, 0.2) is 6.29 Å². The van der Waals surface area contributed by atoms with Crippen molar-refractivity contribution in [2.24, 2.45) is 5.92 Å². The molecule has 0 aliphatic carbocycles. The fourth-order valence-corrected chi connectivity index (χ4v) is 7.35. The molecule has 6 rings (SSSR count). The van der Waals surface area contributed by atoms with E-state index in [0.717, 1.165) is 53.0 Å². The number of piperidine rings is 1. The van der Waals surface area contributed by atoms with E-state index in [0.29, 0.717) is 0 Å². The van der Waals surface area contributed by atoms with Gasteiger partial charge in [-0.3, -0.25) is 0 Å². The summed E-state index contributed by atoms with van der Waals surface area (Å²) in [5.41, 5.74) is 5.75. The lowest BCUT2D eigenvalue weighted by Gasteiger charge is -2.43. The van der Waals surface area contributed by atoms with E-state index in [4.69, 9.17) is 9.47 Å². The second-order valence-electron chi connectivity index (χ2n) is 12.1. The predicted molar refractivity (Wildman–Crippen MR) is 176 cm³/mol. The molecule has 45 heavy (non-hydrogen) atoms. The predicted octanol–water partition coefficient (Wildman–Crippen LogP) is 6.60. The highest BCUT2D eigenvalue weighted by Gasteiger charge is 2.39. The normalized spacial score (nSPS) is 22.7. The van der Waals surface area contributed by atoms with Gasteiger partial charge in [0, 0.05) is 24.6 Å². The number of sulfonamides is 1. The van der Waals surface area contributed by atoms with Crippen LogP contribution in [0.5, 0.6) is 0 Å². The Morgan fingerprint density at radius 3 is 2.22 bits per heavy atom. The average Bonchev–Trinajstić information content (AvgIpc) is 3.09. The molecule has 8 heteroatoms. The molecule has 0 radical (unpaired) electrons. The monoisotopic (exact) mass is 626 g/mol. The molecule has 7 nitrogen and oxygen atoms in total. The van der Waals surface area contributed by atoms with Crippen molar-refractivity contribution in [1.82, 2.24) is 9.62 Å². The summed E-state index contributed by atoms with van der Waals surface area (Å²) in [7, 11) is -3.61. The van der Waals surface area contributed by atoms with Gasteiger partial charge in [0.2, 0.25) is 10.0 Å². The molecule has 0 bridgehead atoms. The fourth-order valence-electron chi connectivity index (χ4n) is 6.31. The largest absolute Gasteiger partial charge is 0.392 e. The second-order valence-corrected chi connectivity index (χ2v) is 13.9. The summed E-state index contributed by atoms with van der Waals surface area (Å²) >= 11 is 0. The lowest BCUT2D eigenvalue weighted by atomic mass is 9.89. The van der Waals surface area contributed by atoms with E-state index in [1.807, 2.05) is 48.5 Å². The second kappa shape index (κ2) is 14.4. The molecule has 0 unspecified atom stereocenters. The van der Waals surface area contributed by atoms with Crippen LogP contribution in [0.2, 0.25) is 0 Å². The Bertz CT molecular complexity index is 1660. The zero-order chi connectivity index (χ0) is 31.2. The van der Waals surface area contributed by atoms with Gasteiger partial charge in [-0.1, -0.05) is 92.2 Å². The third-order valence-corrected chi connectivity index (χ3v) is 10.4. The SMILES string of the molecule is C[C@H]1[C@@H](CN2CCCCC2)O[C@@H](c2cccc(-c3cccc(CNS(=O)(=O)c4ccccc4)c3)c2)O[C@H]1c1ccc(CO)cc1. The lowest BCUT2D eigenvalue weighted by Crippen LogP contribution is -2.45. The first-order chi connectivity index (χ1) is 21.9. The summed E-state index contributed by atoms with van der Waals surface area (Å²) in [6.45, 7) is 5.48. The highest BCUT2D eigenvalue weighted by molar-refractivity contribution is 7.89. The average molecular weight is 627 g/mol. The van der Waals surface area contributed by atoms with Crippen molar-refractivity contribution in [3.63, 3.8) is 0 Å². The van der Waals surface area contributed by atoms with Crippen LogP contribution in [-0.4, -0.2) is 44.2 Å². The smallest absolute Gasteiger partial charge is 0.240 e. The summed E-state index contributed by atoms with van der Waals surface area (Å²) in [6, 6.07) is 32.6. The van der Waals surface area contributed by atoms with E-state index in [1.54, 1.807) is 30.3 Å². The Kier molecular flexibility index (Phi) is 10.1. The van der Waals surface area contributed by atoms with Crippen LogP contribution in [0.4, 0.5) is 0 Å². The van der Waals surface area contributed by atoms with Gasteiger partial charge in [0.25, 0.3) is 0 Å². The fraction of sp³-hybridized carbons (Fsp3) is 0.351. The number of nitrogens with zero attached hydrogens (tertiary/aromatic N) is 1. The number of rotatable bonds is 10. The zero-order valence-corrected chi connectivity index (χ0v) is 26.5. The van der Waals surface area contributed by atoms with Crippen molar-refractivity contribution in [2.75, 3.05) is 19.6 Å². The van der Waals surface area contributed by atoms with Gasteiger partial charge in [0.1, 0.15) is 0 Å². The Morgan fingerprint density at radius 1 is 0.778 bits per heavy atom. The molecular formula is C37H42N2O5S. The van der Waals surface area contributed by atoms with Crippen LogP contribution in [-0.2, 0) is 32.6 Å². The minimum atomic E-state index is -3.61. The molecule has 2 aliphatic heterocycles. The van der Waals surface area contributed by atoms with Crippen LogP contribution in [0.15, 0.2) is 108 Å². The molecule has 4 aromatic carbocycles. The quantitative estimate of drug-likeness (QED) is 0.206. The number of nitrogens with one attached hydrogen (secondary N) is 1. The molecule has 0 aromatic heterocycles. The number of hydrogen-bond acceptors (Lipinski definition) is 6. The van der Waals surface area contributed by atoms with Gasteiger partial charge in [0.05, 0.1) is 23.7 Å². The van der Waals surface area contributed by atoms with Crippen molar-refractivity contribution in [3.05, 3.63) is 125 Å². The van der Waals surface area contributed by atoms with Gasteiger partial charge in [-0.2, -0.15) is 0 Å². The Hall–Kier alpha value is -3.37. The first kappa shape index (κ1) is 31.6. The van der Waals surface area contributed by atoms with Crippen molar-refractivity contribution < 1.29 is 23.0 Å². The topological polar surface area (TPSA) is 88.1 Å². The number of hydrogen-bond donors (Lipinski definition) is 2. The minimum absolute atomic E-state index is 0.00556. The van der Waals surface area contributed by atoms with Crippen molar-refractivity contribution in [2.45, 2.75) is 62.7 Å². The number of benzene rings is 4. The molecule has 2 saturated heterocycles. The molecule has 0 spiro atoms. The summed E-state index contributed by atoms with van der Waals surface area (Å²) in [4.78, 5) is 2.77. The van der Waals surface area contributed by atoms with Gasteiger partial charge in [-0.05, 0) is 78.0 Å². The summed E-state index contributed by atoms with van der Waals surface area (Å²) in [6.07, 6.45) is 3.03. The number of likely N-dealkylation sites (tertiary alicyclic amines) is 1. The first-order valence-electron chi connectivity index (χ1n) is 15.9. The highest BCUT2D eigenvalue weighted by Crippen LogP contribution is 2.42. The third kappa shape index (κ3) is 7.72. The maximum Gasteiger partial charge on any atom is 0.240 e. The standard InChI is InChI=1S/C37H42N2O5S/c1-27-35(25-39-20-6-3-7-21-39)43-37(44-36(27)30-18-16-28(26-40)17-19-30)33-13-9-12-32(23-33)31-11-8-10-29(22-31)24-38-45(41,42)34-14-4-2-5-15-34/h2,4-5,8-19,22-23,27,35-38,40H,3,6-7,20-21,24-26H2,1H3/t27-,35+,36+,37+/m0/s1. The third-order valence-electron chi connectivity index (χ3n) is 8.95. The molecule has 0 amide bonds. The number of aliphatic hydroxyl groups is 1. The van der Waals surface area contributed by atoms with E-state index < -0.39 is 16.3 Å². The summed E-state index contributed by atoms with van der Waals surface area (Å²) in [5, 5.41) is 9.57. The van der Waals surface area contributed by atoms with Crippen molar-refractivity contribution >= 4 is 10.0 Å².